The second-order valence-electron chi connectivity index (χ2n) is 18.1. The van der Waals surface area contributed by atoms with E-state index in [-0.39, 0.29) is 12.5 Å². The minimum absolute atomic E-state index is 0.0204. The average molecular weight is 937 g/mol. The number of carbonyl (C=O) groups excluding carboxylic acids is 1. The minimum Gasteiger partial charge on any atom is -0.756 e. The van der Waals surface area contributed by atoms with E-state index in [9.17, 15) is 19.4 Å². The normalized spacial score (nSPS) is 15.1. The highest BCUT2D eigenvalue weighted by Crippen LogP contribution is 2.38. The predicted molar refractivity (Wildman–Crippen MR) is 283 cm³/mol. The maximum atomic E-state index is 12.9. The molecule has 376 valence electrons. The molecule has 0 saturated carbocycles. The molecule has 0 spiro atoms. The van der Waals surface area contributed by atoms with Crippen molar-refractivity contribution in [1.82, 2.24) is 5.32 Å². The van der Waals surface area contributed by atoms with Crippen LogP contribution in [-0.4, -0.2) is 68.5 Å². The van der Waals surface area contributed by atoms with Gasteiger partial charge in [0.15, 0.2) is 0 Å². The monoisotopic (exact) mass is 937 g/mol. The third-order valence-electron chi connectivity index (χ3n) is 10.6. The van der Waals surface area contributed by atoms with Gasteiger partial charge in [0.2, 0.25) is 5.91 Å². The topological polar surface area (TPSA) is 108 Å². The van der Waals surface area contributed by atoms with Crippen LogP contribution in [0.5, 0.6) is 0 Å². The van der Waals surface area contributed by atoms with Crippen LogP contribution in [0.15, 0.2) is 122 Å². The first kappa shape index (κ1) is 62.9. The van der Waals surface area contributed by atoms with Gasteiger partial charge < -0.3 is 28.8 Å². The highest BCUT2D eigenvalue weighted by Gasteiger charge is 2.23. The molecule has 8 nitrogen and oxygen atoms in total. The molecule has 0 heterocycles. The maximum Gasteiger partial charge on any atom is 0.268 e. The summed E-state index contributed by atoms with van der Waals surface area (Å²) >= 11 is 0. The molecule has 0 aliphatic rings. The number of aliphatic hydroxyl groups excluding tert-OH is 1. The molecule has 0 aliphatic carbocycles. The lowest BCUT2D eigenvalue weighted by molar-refractivity contribution is -0.870. The van der Waals surface area contributed by atoms with E-state index in [1.54, 1.807) is 6.08 Å². The molecule has 9 heteroatoms. The van der Waals surface area contributed by atoms with Crippen molar-refractivity contribution in [2.45, 2.75) is 193 Å². The van der Waals surface area contributed by atoms with Crippen molar-refractivity contribution >= 4 is 13.7 Å². The van der Waals surface area contributed by atoms with Crippen LogP contribution in [0.4, 0.5) is 0 Å². The molecule has 3 atom stereocenters. The molecule has 2 N–H and O–H groups in total. The summed E-state index contributed by atoms with van der Waals surface area (Å²) in [5, 5.41) is 13.8. The van der Waals surface area contributed by atoms with Gasteiger partial charge in [0, 0.05) is 6.42 Å². The summed E-state index contributed by atoms with van der Waals surface area (Å²) in [5.41, 5.74) is 0. The van der Waals surface area contributed by atoms with Crippen LogP contribution in [0.2, 0.25) is 0 Å². The Balaban J connectivity index is 4.43. The van der Waals surface area contributed by atoms with Crippen LogP contribution in [0.3, 0.4) is 0 Å². The molecule has 1 amide bonds. The van der Waals surface area contributed by atoms with Crippen LogP contribution in [0.25, 0.3) is 0 Å². The number of unbranched alkanes of at least 4 members (excludes halogenated alkanes) is 14. The molecule has 0 fully saturated rings. The van der Waals surface area contributed by atoms with Crippen molar-refractivity contribution in [2.75, 3.05) is 40.9 Å². The van der Waals surface area contributed by atoms with Gasteiger partial charge in [-0.25, -0.2) is 0 Å². The van der Waals surface area contributed by atoms with Gasteiger partial charge in [-0.2, -0.15) is 0 Å². The highest BCUT2D eigenvalue weighted by molar-refractivity contribution is 7.45. The SMILES string of the molecule is CC/C=C\C/C=C\C/C=C\C/C=C\C/C=C\C/C=C\C/C=C\CCCCCCCC(=O)NC(COP(=O)([O-])OCC[N+](C)(C)C)C(O)/C=C/CC/C=C/CC/C=C/CCCCCCCCC. The smallest absolute Gasteiger partial charge is 0.268 e. The molecule has 0 aromatic rings. The highest BCUT2D eigenvalue weighted by atomic mass is 31.2. The summed E-state index contributed by atoms with van der Waals surface area (Å²) in [6.07, 6.45) is 69.7. The molecule has 66 heavy (non-hydrogen) atoms. The summed E-state index contributed by atoms with van der Waals surface area (Å²) in [4.78, 5) is 25.4. The van der Waals surface area contributed by atoms with Crippen LogP contribution in [0, 0.1) is 0 Å². The zero-order chi connectivity index (χ0) is 48.5. The first-order chi connectivity index (χ1) is 32.0. The largest absolute Gasteiger partial charge is 0.756 e. The lowest BCUT2D eigenvalue weighted by atomic mass is 10.1. The Morgan fingerprint density at radius 2 is 0.939 bits per heavy atom. The number of nitrogens with one attached hydrogen (secondary N) is 1. The van der Waals surface area contributed by atoms with Crippen LogP contribution < -0.4 is 10.2 Å². The lowest BCUT2D eigenvalue weighted by Crippen LogP contribution is -2.45. The van der Waals surface area contributed by atoms with Gasteiger partial charge in [-0.15, -0.1) is 0 Å². The zero-order valence-corrected chi connectivity index (χ0v) is 43.5. The third-order valence-corrected chi connectivity index (χ3v) is 11.6. The van der Waals surface area contributed by atoms with E-state index in [1.165, 1.54) is 51.4 Å². The number of likely N-dealkylation sites (N-methyl/N-ethyl adjacent to an activating group) is 1. The fourth-order valence-corrected chi connectivity index (χ4v) is 7.30. The lowest BCUT2D eigenvalue weighted by Gasteiger charge is -2.29. The first-order valence-electron chi connectivity index (χ1n) is 25.9. The average Bonchev–Trinajstić information content (AvgIpc) is 3.28. The fraction of sp³-hybridized carbons (Fsp3) is 0.632. The number of hydrogen-bond acceptors (Lipinski definition) is 6. The van der Waals surface area contributed by atoms with E-state index >= 15 is 0 Å². The Labute approximate surface area is 405 Å². The van der Waals surface area contributed by atoms with Gasteiger partial charge in [-0.1, -0.05) is 193 Å². The standard InChI is InChI=1S/C57H97N2O6P/c1-6-8-10-12-14-16-18-20-22-24-25-26-27-28-29-30-31-32-33-35-37-39-41-43-45-47-49-51-57(61)58-55(54-65-66(62,63)64-53-52-59(3,4)5)56(60)50-48-46-44-42-40-38-36-34-23-21-19-17-15-13-11-9-7-2/h8,10,14,16,20,22-23,25-26,28-29,31-32,34-35,37,40,42,48,50,55-56,60H,6-7,9,11-13,15,17-19,21,24,27,30,33,36,38-39,41,43-47,49,51-54H2,1-5H3,(H-,58,61,62,63)/b10-8-,16-14-,22-20-,26-25-,29-28-,32-31-,34-23+,37-35-,42-40+,50-48+. The Morgan fingerprint density at radius 3 is 1.41 bits per heavy atom. The number of quaternary nitrogens is 1. The maximum absolute atomic E-state index is 12.9. The van der Waals surface area contributed by atoms with Gasteiger partial charge in [-0.3, -0.25) is 9.36 Å². The number of phosphoric acid groups is 1. The van der Waals surface area contributed by atoms with E-state index in [4.69, 9.17) is 9.05 Å². The van der Waals surface area contributed by atoms with Gasteiger partial charge >= 0.3 is 0 Å². The summed E-state index contributed by atoms with van der Waals surface area (Å²) in [7, 11) is 1.20. The second-order valence-corrected chi connectivity index (χ2v) is 19.5. The first-order valence-corrected chi connectivity index (χ1v) is 27.4. The van der Waals surface area contributed by atoms with Crippen molar-refractivity contribution in [3.05, 3.63) is 122 Å². The summed E-state index contributed by atoms with van der Waals surface area (Å²) in [6, 6.07) is -0.930. The second kappa shape index (κ2) is 47.0. The zero-order valence-electron chi connectivity index (χ0n) is 42.6. The van der Waals surface area contributed by atoms with Gasteiger partial charge in [0.1, 0.15) is 13.2 Å². The number of hydrogen-bond donors (Lipinski definition) is 2. The van der Waals surface area contributed by atoms with E-state index in [0.717, 1.165) is 109 Å². The van der Waals surface area contributed by atoms with E-state index in [0.29, 0.717) is 17.4 Å². The molecule has 0 aromatic carbocycles. The third kappa shape index (κ3) is 48.8. The Bertz CT molecular complexity index is 1480. The summed E-state index contributed by atoms with van der Waals surface area (Å²) in [5.74, 6) is -0.237. The molecule has 3 unspecified atom stereocenters. The molecule has 0 radical (unpaired) electrons. The molecule has 0 rings (SSSR count). The van der Waals surface area contributed by atoms with Crippen LogP contribution in [-0.2, 0) is 18.4 Å². The number of amides is 1. The molecular weight excluding hydrogens is 840 g/mol. The Kier molecular flexibility index (Phi) is 44.8. The number of aliphatic hydroxyl groups is 1. The predicted octanol–water partition coefficient (Wildman–Crippen LogP) is 14.8. The van der Waals surface area contributed by atoms with Gasteiger partial charge in [0.25, 0.3) is 7.82 Å². The van der Waals surface area contributed by atoms with Crippen molar-refractivity contribution in [1.29, 1.82) is 0 Å². The Morgan fingerprint density at radius 1 is 0.545 bits per heavy atom. The summed E-state index contributed by atoms with van der Waals surface area (Å²) < 4.78 is 23.2. The number of phosphoric ester groups is 1. The van der Waals surface area contributed by atoms with E-state index in [2.05, 4.69) is 129 Å². The number of allylic oxidation sites excluding steroid dienone is 19. The fourth-order valence-electron chi connectivity index (χ4n) is 6.57. The van der Waals surface area contributed by atoms with E-state index in [1.807, 2.05) is 27.2 Å². The van der Waals surface area contributed by atoms with Crippen molar-refractivity contribution in [3.8, 4) is 0 Å². The van der Waals surface area contributed by atoms with Gasteiger partial charge in [0.05, 0.1) is 39.9 Å². The molecule has 0 aromatic heterocycles. The van der Waals surface area contributed by atoms with Crippen molar-refractivity contribution < 1.29 is 32.9 Å². The van der Waals surface area contributed by atoms with Gasteiger partial charge in [-0.05, 0) is 103 Å². The molecule has 0 aliphatic heterocycles. The number of rotatable bonds is 45. The van der Waals surface area contributed by atoms with Crippen molar-refractivity contribution in [3.63, 3.8) is 0 Å². The van der Waals surface area contributed by atoms with Crippen molar-refractivity contribution in [2.24, 2.45) is 0 Å². The van der Waals surface area contributed by atoms with Crippen LogP contribution in [0.1, 0.15) is 181 Å². The molecular formula is C57H97N2O6P. The number of nitrogens with zero attached hydrogens (tertiary/aromatic N) is 1. The molecule has 0 bridgehead atoms. The summed E-state index contributed by atoms with van der Waals surface area (Å²) in [6.45, 7) is 4.46. The van der Waals surface area contributed by atoms with Crippen LogP contribution >= 0.6 is 7.82 Å². The molecule has 0 saturated heterocycles. The number of carbonyl (C=O) groups is 1. The minimum atomic E-state index is -4.62. The Hall–Kier alpha value is -3.10. The quantitative estimate of drug-likeness (QED) is 0.0273. The van der Waals surface area contributed by atoms with E-state index < -0.39 is 26.6 Å².